The maximum atomic E-state index is 13.5. The lowest BCUT2D eigenvalue weighted by Crippen LogP contribution is -2.45. The smallest absolute Gasteiger partial charge is 0.320 e. The van der Waals surface area contributed by atoms with Gasteiger partial charge in [0.05, 0.1) is 29.4 Å². The number of ether oxygens (including phenoxy) is 3. The summed E-state index contributed by atoms with van der Waals surface area (Å²) in [5, 5.41) is 6.61. The van der Waals surface area contributed by atoms with E-state index in [0.717, 1.165) is 12.8 Å². The highest BCUT2D eigenvalue weighted by Gasteiger charge is 2.26. The van der Waals surface area contributed by atoms with Crippen LogP contribution in [0.3, 0.4) is 0 Å². The standard InChI is InChI=1S/C29H31ClFN5O5/c1-39-10-8-21-15-36(16-28(38)41-21)9-2-3-27(37)34-25-11-19-14-32-29(33-20-6-7-23(31)22(30)12-20)35-24(19)13-26(25)40-17-18-4-5-18/h2-3,6-7,11-14,18,21H,4-5,8-10,15-17H2,1H3,(H,34,37)(H,32,33,35). The first kappa shape index (κ1) is 28.7. The minimum absolute atomic E-state index is 0.00862. The summed E-state index contributed by atoms with van der Waals surface area (Å²) in [6, 6.07) is 7.79. The first-order valence-corrected chi connectivity index (χ1v) is 13.8. The number of cyclic esters (lactones) is 1. The molecule has 1 atom stereocenters. The van der Waals surface area contributed by atoms with E-state index in [0.29, 0.717) is 72.6 Å². The largest absolute Gasteiger partial charge is 0.491 e. The Morgan fingerprint density at radius 1 is 1.29 bits per heavy atom. The summed E-state index contributed by atoms with van der Waals surface area (Å²) in [6.45, 7) is 2.23. The van der Waals surface area contributed by atoms with Crippen LogP contribution in [0.1, 0.15) is 19.3 Å². The zero-order valence-electron chi connectivity index (χ0n) is 22.6. The van der Waals surface area contributed by atoms with Crippen molar-refractivity contribution in [1.29, 1.82) is 0 Å². The Balaban J connectivity index is 1.27. The Morgan fingerprint density at radius 2 is 2.15 bits per heavy atom. The molecule has 1 aromatic heterocycles. The summed E-state index contributed by atoms with van der Waals surface area (Å²) in [4.78, 5) is 35.6. The quantitative estimate of drug-likeness (QED) is 0.231. The van der Waals surface area contributed by atoms with Crippen LogP contribution in [0.2, 0.25) is 5.02 Å². The second-order valence-electron chi connectivity index (χ2n) is 10.1. The molecule has 1 saturated heterocycles. The van der Waals surface area contributed by atoms with E-state index in [9.17, 15) is 14.0 Å². The van der Waals surface area contributed by atoms with Gasteiger partial charge >= 0.3 is 5.97 Å². The third kappa shape index (κ3) is 8.12. The van der Waals surface area contributed by atoms with Gasteiger partial charge in [-0.15, -0.1) is 0 Å². The van der Waals surface area contributed by atoms with E-state index in [4.69, 9.17) is 25.8 Å². The highest BCUT2D eigenvalue weighted by Crippen LogP contribution is 2.34. The molecule has 216 valence electrons. The van der Waals surface area contributed by atoms with Crippen LogP contribution in [0, 0.1) is 11.7 Å². The van der Waals surface area contributed by atoms with Gasteiger partial charge in [0.25, 0.3) is 0 Å². The molecule has 2 heterocycles. The predicted octanol–water partition coefficient (Wildman–Crippen LogP) is 4.71. The van der Waals surface area contributed by atoms with Crippen LogP contribution in [0.25, 0.3) is 10.9 Å². The monoisotopic (exact) mass is 583 g/mol. The van der Waals surface area contributed by atoms with Crippen LogP contribution >= 0.6 is 11.6 Å². The van der Waals surface area contributed by atoms with Gasteiger partial charge in [-0.05, 0) is 43.0 Å². The molecule has 1 aliphatic heterocycles. The van der Waals surface area contributed by atoms with Gasteiger partial charge in [-0.1, -0.05) is 17.7 Å². The number of fused-ring (bicyclic) bond motifs is 1. The van der Waals surface area contributed by atoms with Gasteiger partial charge in [0.2, 0.25) is 11.9 Å². The molecule has 2 N–H and O–H groups in total. The Bertz CT molecular complexity index is 1450. The van der Waals surface area contributed by atoms with E-state index in [2.05, 4.69) is 20.6 Å². The zero-order valence-corrected chi connectivity index (χ0v) is 23.3. The average molecular weight is 584 g/mol. The number of anilines is 3. The molecule has 5 rings (SSSR count). The van der Waals surface area contributed by atoms with Crippen LogP contribution in [-0.2, 0) is 19.1 Å². The average Bonchev–Trinajstić information content (AvgIpc) is 3.77. The first-order chi connectivity index (χ1) is 19.9. The van der Waals surface area contributed by atoms with Crippen molar-refractivity contribution >= 4 is 51.7 Å². The molecular weight excluding hydrogens is 553 g/mol. The number of rotatable bonds is 12. The fourth-order valence-corrected chi connectivity index (χ4v) is 4.53. The number of esters is 1. The summed E-state index contributed by atoms with van der Waals surface area (Å²) >= 11 is 5.88. The van der Waals surface area contributed by atoms with Crippen LogP contribution in [-0.4, -0.2) is 72.8 Å². The van der Waals surface area contributed by atoms with Crippen molar-refractivity contribution in [3.8, 4) is 5.75 Å². The fourth-order valence-electron chi connectivity index (χ4n) is 4.35. The minimum Gasteiger partial charge on any atom is -0.491 e. The molecule has 1 saturated carbocycles. The highest BCUT2D eigenvalue weighted by molar-refractivity contribution is 6.31. The third-order valence-electron chi connectivity index (χ3n) is 6.68. The number of hydrogen-bond donors (Lipinski definition) is 2. The lowest BCUT2D eigenvalue weighted by molar-refractivity contribution is -0.159. The number of amides is 1. The number of nitrogens with zero attached hydrogens (tertiary/aromatic N) is 3. The van der Waals surface area contributed by atoms with Crippen LogP contribution in [0.4, 0.5) is 21.7 Å². The van der Waals surface area contributed by atoms with Crippen molar-refractivity contribution in [1.82, 2.24) is 14.9 Å². The SMILES string of the molecule is COCCC1CN(CC=CC(=O)Nc2cc3cnc(Nc4ccc(F)c(Cl)c4)nc3cc2OCC2CC2)CC(=O)O1. The van der Waals surface area contributed by atoms with Gasteiger partial charge in [0.15, 0.2) is 0 Å². The normalized spacial score (nSPS) is 17.5. The molecule has 2 fully saturated rings. The van der Waals surface area contributed by atoms with E-state index in [1.807, 2.05) is 4.90 Å². The fraction of sp³-hybridized carbons (Fsp3) is 0.379. The van der Waals surface area contributed by atoms with Crippen LogP contribution in [0.5, 0.6) is 5.75 Å². The zero-order chi connectivity index (χ0) is 28.8. The molecule has 1 amide bonds. The Hall–Kier alpha value is -3.80. The number of carbonyl (C=O) groups is 2. The van der Waals surface area contributed by atoms with E-state index < -0.39 is 5.82 Å². The summed E-state index contributed by atoms with van der Waals surface area (Å²) in [7, 11) is 1.61. The van der Waals surface area contributed by atoms with Crippen molar-refractivity contribution in [2.45, 2.75) is 25.4 Å². The molecule has 0 radical (unpaired) electrons. The molecule has 3 aromatic rings. The van der Waals surface area contributed by atoms with Crippen molar-refractivity contribution in [3.63, 3.8) is 0 Å². The van der Waals surface area contributed by atoms with Gasteiger partial charge < -0.3 is 24.8 Å². The Kier molecular flexibility index (Phi) is 9.28. The number of morpholine rings is 1. The molecule has 12 heteroatoms. The van der Waals surface area contributed by atoms with E-state index in [1.165, 1.54) is 18.2 Å². The summed E-state index contributed by atoms with van der Waals surface area (Å²) in [5.74, 6) is 0.180. The van der Waals surface area contributed by atoms with E-state index in [-0.39, 0.29) is 29.5 Å². The lowest BCUT2D eigenvalue weighted by Gasteiger charge is -2.31. The predicted molar refractivity (Wildman–Crippen MR) is 153 cm³/mol. The lowest BCUT2D eigenvalue weighted by atomic mass is 10.2. The second-order valence-corrected chi connectivity index (χ2v) is 10.5. The minimum atomic E-state index is -0.513. The summed E-state index contributed by atoms with van der Waals surface area (Å²) in [6.07, 6.45) is 7.41. The molecule has 2 aliphatic rings. The van der Waals surface area contributed by atoms with E-state index >= 15 is 0 Å². The molecule has 10 nitrogen and oxygen atoms in total. The topological polar surface area (TPSA) is 115 Å². The second kappa shape index (κ2) is 13.2. The summed E-state index contributed by atoms with van der Waals surface area (Å²) in [5.41, 5.74) is 1.65. The molecule has 1 unspecified atom stereocenters. The number of hydrogen-bond acceptors (Lipinski definition) is 9. The van der Waals surface area contributed by atoms with Gasteiger partial charge in [-0.25, -0.2) is 14.4 Å². The molecule has 0 spiro atoms. The van der Waals surface area contributed by atoms with Crippen molar-refractivity contribution in [2.75, 3.05) is 50.6 Å². The molecule has 41 heavy (non-hydrogen) atoms. The highest BCUT2D eigenvalue weighted by atomic mass is 35.5. The Labute approximate surface area is 241 Å². The number of benzene rings is 2. The van der Waals surface area contributed by atoms with Gasteiger partial charge in [-0.2, -0.15) is 0 Å². The number of methoxy groups -OCH3 is 1. The van der Waals surface area contributed by atoms with E-state index in [1.54, 1.807) is 37.6 Å². The first-order valence-electron chi connectivity index (χ1n) is 13.4. The molecular formula is C29H31ClFN5O5. The molecule has 2 aromatic carbocycles. The van der Waals surface area contributed by atoms with Gasteiger partial charge in [-0.3, -0.25) is 14.5 Å². The van der Waals surface area contributed by atoms with Gasteiger partial charge in [0.1, 0.15) is 17.7 Å². The number of aromatic nitrogens is 2. The maximum Gasteiger partial charge on any atom is 0.320 e. The third-order valence-corrected chi connectivity index (χ3v) is 6.97. The summed E-state index contributed by atoms with van der Waals surface area (Å²) < 4.78 is 30.0. The van der Waals surface area contributed by atoms with Gasteiger partial charge in [0, 0.05) is 62.6 Å². The van der Waals surface area contributed by atoms with Crippen molar-refractivity contribution in [3.05, 3.63) is 59.5 Å². The molecule has 0 bridgehead atoms. The Morgan fingerprint density at radius 3 is 2.93 bits per heavy atom. The van der Waals surface area contributed by atoms with Crippen LogP contribution < -0.4 is 15.4 Å². The number of nitrogens with one attached hydrogen (secondary N) is 2. The van der Waals surface area contributed by atoms with Crippen molar-refractivity contribution < 1.29 is 28.2 Å². The number of halogens is 2. The van der Waals surface area contributed by atoms with Crippen molar-refractivity contribution in [2.24, 2.45) is 5.92 Å². The van der Waals surface area contributed by atoms with Crippen LogP contribution in [0.15, 0.2) is 48.7 Å². The maximum absolute atomic E-state index is 13.5. The number of carbonyl (C=O) groups excluding carboxylic acids is 2. The molecule has 1 aliphatic carbocycles.